The highest BCUT2D eigenvalue weighted by Gasteiger charge is 2.29. The monoisotopic (exact) mass is 500 g/mol. The molecule has 37 heavy (non-hydrogen) atoms. The van der Waals surface area contributed by atoms with Crippen molar-refractivity contribution in [2.75, 3.05) is 33.9 Å². The number of hydrogen-bond acceptors (Lipinski definition) is 5. The highest BCUT2D eigenvalue weighted by atomic mass is 16.5. The first-order valence-corrected chi connectivity index (χ1v) is 13.0. The third-order valence-electron chi connectivity index (χ3n) is 7.37. The zero-order valence-corrected chi connectivity index (χ0v) is 21.8. The molecule has 4 rings (SSSR count). The lowest BCUT2D eigenvalue weighted by atomic mass is 9.79. The third-order valence-corrected chi connectivity index (χ3v) is 7.37. The molecule has 0 spiro atoms. The van der Waals surface area contributed by atoms with E-state index < -0.39 is 5.97 Å². The maximum Gasteiger partial charge on any atom is 0.303 e. The maximum atomic E-state index is 11.3. The van der Waals surface area contributed by atoms with Crippen LogP contribution in [0.4, 0.5) is 0 Å². The van der Waals surface area contributed by atoms with Gasteiger partial charge in [0, 0.05) is 30.1 Å². The van der Waals surface area contributed by atoms with Gasteiger partial charge in [0.2, 0.25) is 0 Å². The minimum atomic E-state index is -0.717. The van der Waals surface area contributed by atoms with Crippen LogP contribution >= 0.6 is 0 Å². The second kappa shape index (κ2) is 13.1. The normalized spacial score (nSPS) is 17.7. The van der Waals surface area contributed by atoms with Gasteiger partial charge in [0.05, 0.1) is 26.3 Å². The van der Waals surface area contributed by atoms with Gasteiger partial charge in [-0.1, -0.05) is 17.9 Å². The van der Waals surface area contributed by atoms with E-state index in [2.05, 4.69) is 33.9 Å². The van der Waals surface area contributed by atoms with Gasteiger partial charge in [-0.3, -0.25) is 14.7 Å². The Labute approximate surface area is 219 Å². The minimum absolute atomic E-state index is 0.222. The zero-order valence-electron chi connectivity index (χ0n) is 21.8. The molecule has 0 aliphatic carbocycles. The van der Waals surface area contributed by atoms with Gasteiger partial charge in [0.25, 0.3) is 0 Å². The van der Waals surface area contributed by atoms with E-state index in [-0.39, 0.29) is 6.42 Å². The molecule has 6 heteroatoms. The molecule has 1 fully saturated rings. The molecular weight excluding hydrogens is 464 g/mol. The van der Waals surface area contributed by atoms with Crippen molar-refractivity contribution in [3.8, 4) is 23.3 Å². The molecule has 2 heterocycles. The number of nitrogens with zero attached hydrogens (tertiary/aromatic N) is 2. The van der Waals surface area contributed by atoms with Crippen LogP contribution in [0, 0.1) is 23.7 Å². The Balaban J connectivity index is 1.35. The molecule has 1 aliphatic heterocycles. The molecule has 0 saturated carbocycles. The number of carboxylic acids is 1. The van der Waals surface area contributed by atoms with Crippen molar-refractivity contribution in [3.05, 3.63) is 65.9 Å². The Morgan fingerprint density at radius 3 is 2.73 bits per heavy atom. The third kappa shape index (κ3) is 7.47. The van der Waals surface area contributed by atoms with Crippen LogP contribution < -0.4 is 9.47 Å². The van der Waals surface area contributed by atoms with E-state index in [9.17, 15) is 9.90 Å². The number of benzene rings is 2. The summed E-state index contributed by atoms with van der Waals surface area (Å²) in [5, 5.41) is 10.5. The van der Waals surface area contributed by atoms with Gasteiger partial charge in [0.1, 0.15) is 11.5 Å². The molecule has 1 N–H and O–H groups in total. The van der Waals surface area contributed by atoms with E-state index in [0.29, 0.717) is 18.4 Å². The molecule has 6 nitrogen and oxygen atoms in total. The van der Waals surface area contributed by atoms with Crippen LogP contribution in [-0.2, 0) is 11.2 Å². The van der Waals surface area contributed by atoms with Gasteiger partial charge in [-0.25, -0.2) is 0 Å². The van der Waals surface area contributed by atoms with Gasteiger partial charge < -0.3 is 14.6 Å². The number of hydrogen-bond donors (Lipinski definition) is 1. The molecule has 2 aromatic carbocycles. The number of methoxy groups -OCH3 is 2. The molecule has 2 atom stereocenters. The van der Waals surface area contributed by atoms with E-state index >= 15 is 0 Å². The van der Waals surface area contributed by atoms with Gasteiger partial charge in [0.15, 0.2) is 0 Å². The Kier molecular flexibility index (Phi) is 9.40. The number of carboxylic acid groups (broad SMARTS) is 1. The SMILES string of the molecule is COc1cccc(C#CCN2CCC(CCCc3ccnc4ccc(OC)cc34)C(CCC(=O)O)C2)c1. The summed E-state index contributed by atoms with van der Waals surface area (Å²) >= 11 is 0. The summed E-state index contributed by atoms with van der Waals surface area (Å²) in [7, 11) is 3.34. The van der Waals surface area contributed by atoms with Crippen LogP contribution in [-0.4, -0.2) is 54.8 Å². The van der Waals surface area contributed by atoms with Gasteiger partial charge in [-0.05, 0) is 98.5 Å². The van der Waals surface area contributed by atoms with E-state index in [1.165, 1.54) is 5.56 Å². The smallest absolute Gasteiger partial charge is 0.303 e. The zero-order chi connectivity index (χ0) is 26.0. The van der Waals surface area contributed by atoms with Crippen LogP contribution in [0.5, 0.6) is 11.5 Å². The van der Waals surface area contributed by atoms with Crippen LogP contribution in [0.1, 0.15) is 43.2 Å². The fourth-order valence-electron chi connectivity index (χ4n) is 5.35. The molecular formula is C31H36N2O4. The van der Waals surface area contributed by atoms with Crippen molar-refractivity contribution in [1.29, 1.82) is 0 Å². The molecule has 3 aromatic rings. The van der Waals surface area contributed by atoms with Crippen LogP contribution in [0.3, 0.4) is 0 Å². The number of piperidine rings is 1. The highest BCUT2D eigenvalue weighted by molar-refractivity contribution is 5.83. The van der Waals surface area contributed by atoms with Crippen LogP contribution in [0.25, 0.3) is 10.9 Å². The minimum Gasteiger partial charge on any atom is -0.497 e. The van der Waals surface area contributed by atoms with Crippen molar-refractivity contribution in [2.45, 2.75) is 38.5 Å². The summed E-state index contributed by atoms with van der Waals surface area (Å²) in [4.78, 5) is 18.2. The molecule has 1 aromatic heterocycles. The van der Waals surface area contributed by atoms with E-state index in [0.717, 1.165) is 73.2 Å². The first-order chi connectivity index (χ1) is 18.1. The molecule has 0 amide bonds. The van der Waals surface area contributed by atoms with E-state index in [4.69, 9.17) is 9.47 Å². The van der Waals surface area contributed by atoms with E-state index in [1.807, 2.05) is 42.6 Å². The average Bonchev–Trinajstić information content (AvgIpc) is 2.92. The summed E-state index contributed by atoms with van der Waals surface area (Å²) < 4.78 is 10.7. The van der Waals surface area contributed by atoms with E-state index in [1.54, 1.807) is 14.2 Å². The number of aliphatic carboxylic acids is 1. The number of aromatic nitrogens is 1. The Morgan fingerprint density at radius 2 is 1.92 bits per heavy atom. The highest BCUT2D eigenvalue weighted by Crippen LogP contribution is 2.32. The number of rotatable bonds is 10. The lowest BCUT2D eigenvalue weighted by molar-refractivity contribution is -0.137. The molecule has 1 saturated heterocycles. The molecule has 194 valence electrons. The fraction of sp³-hybridized carbons (Fsp3) is 0.419. The summed E-state index contributed by atoms with van der Waals surface area (Å²) in [5.74, 6) is 8.38. The van der Waals surface area contributed by atoms with Crippen molar-refractivity contribution in [3.63, 3.8) is 0 Å². The molecule has 1 aliphatic rings. The number of carbonyl (C=O) groups is 1. The quantitative estimate of drug-likeness (QED) is 0.374. The lowest BCUT2D eigenvalue weighted by Crippen LogP contribution is -2.41. The first kappa shape index (κ1) is 26.5. The lowest BCUT2D eigenvalue weighted by Gasteiger charge is -2.38. The molecule has 2 unspecified atom stereocenters. The number of aryl methyl sites for hydroxylation is 1. The standard InChI is InChI=1S/C31H36N2O4/c1-36-27-10-3-6-23(20-27)7-5-18-33-19-16-24(26(22-33)11-14-31(34)35)8-4-9-25-15-17-32-30-13-12-28(37-2)21-29(25)30/h3,6,10,12-13,15,17,20-21,24,26H,4,8-9,11,14,16,18-19,22H2,1-2H3,(H,34,35). The summed E-state index contributed by atoms with van der Waals surface area (Å²) in [6.45, 7) is 2.59. The summed E-state index contributed by atoms with van der Waals surface area (Å²) in [6, 6.07) is 15.9. The van der Waals surface area contributed by atoms with Crippen molar-refractivity contribution >= 4 is 16.9 Å². The largest absolute Gasteiger partial charge is 0.497 e. The Morgan fingerprint density at radius 1 is 1.08 bits per heavy atom. The van der Waals surface area contributed by atoms with Crippen molar-refractivity contribution in [2.24, 2.45) is 11.8 Å². The first-order valence-electron chi connectivity index (χ1n) is 13.0. The summed E-state index contributed by atoms with van der Waals surface area (Å²) in [5.41, 5.74) is 3.22. The molecule has 0 bridgehead atoms. The fourth-order valence-corrected chi connectivity index (χ4v) is 5.35. The summed E-state index contributed by atoms with van der Waals surface area (Å²) in [6.07, 6.45) is 7.04. The van der Waals surface area contributed by atoms with Gasteiger partial charge >= 0.3 is 5.97 Å². The number of ether oxygens (including phenoxy) is 2. The second-order valence-electron chi connectivity index (χ2n) is 9.76. The van der Waals surface area contributed by atoms with Crippen LogP contribution in [0.2, 0.25) is 0 Å². The second-order valence-corrected chi connectivity index (χ2v) is 9.76. The molecule has 0 radical (unpaired) electrons. The predicted octanol–water partition coefficient (Wildman–Crippen LogP) is 5.43. The maximum absolute atomic E-state index is 11.3. The topological polar surface area (TPSA) is 71.9 Å². The number of pyridine rings is 1. The van der Waals surface area contributed by atoms with Crippen LogP contribution in [0.15, 0.2) is 54.7 Å². The van der Waals surface area contributed by atoms with Crippen molar-refractivity contribution in [1.82, 2.24) is 9.88 Å². The van der Waals surface area contributed by atoms with Gasteiger partial charge in [-0.2, -0.15) is 0 Å². The number of fused-ring (bicyclic) bond motifs is 1. The Bertz CT molecular complexity index is 1260. The predicted molar refractivity (Wildman–Crippen MR) is 146 cm³/mol. The van der Waals surface area contributed by atoms with Gasteiger partial charge in [-0.15, -0.1) is 0 Å². The van der Waals surface area contributed by atoms with Crippen molar-refractivity contribution < 1.29 is 19.4 Å². The number of likely N-dealkylation sites (tertiary alicyclic amines) is 1. The Hall–Kier alpha value is -3.56. The average molecular weight is 501 g/mol.